The van der Waals surface area contributed by atoms with Gasteiger partial charge in [-0.05, 0) is 44.1 Å². The second-order valence-corrected chi connectivity index (χ2v) is 7.71. The maximum absolute atomic E-state index is 10.4. The molecule has 2 N–H and O–H groups in total. The third-order valence-electron chi connectivity index (χ3n) is 3.62. The van der Waals surface area contributed by atoms with Crippen LogP contribution < -0.4 is 4.72 Å². The summed E-state index contributed by atoms with van der Waals surface area (Å²) in [6.45, 7) is 1.94. The molecule has 126 valence electrons. The molecule has 0 aliphatic heterocycles. The van der Waals surface area contributed by atoms with Gasteiger partial charge >= 0.3 is 5.97 Å². The molecular formula is C16H23N3O2S2. The van der Waals surface area contributed by atoms with Gasteiger partial charge in [0.15, 0.2) is 0 Å². The lowest BCUT2D eigenvalue weighted by molar-refractivity contribution is -0.137. The van der Waals surface area contributed by atoms with Crippen LogP contribution in [0, 0.1) is 12.8 Å². The number of allylic oxidation sites excluding steroid dienone is 3. The van der Waals surface area contributed by atoms with E-state index in [9.17, 15) is 4.79 Å². The van der Waals surface area contributed by atoms with Gasteiger partial charge in [-0.3, -0.25) is 4.79 Å². The van der Waals surface area contributed by atoms with Crippen LogP contribution in [-0.2, 0) is 4.79 Å². The topological polar surface area (TPSA) is 75.1 Å². The summed E-state index contributed by atoms with van der Waals surface area (Å²) in [4.78, 5) is 11.7. The van der Waals surface area contributed by atoms with Gasteiger partial charge in [0.05, 0.1) is 0 Å². The molecular weight excluding hydrogens is 330 g/mol. The predicted molar refractivity (Wildman–Crippen MR) is 96.5 cm³/mol. The molecule has 1 atom stereocenters. The molecule has 7 heteroatoms. The molecule has 0 spiro atoms. The molecule has 0 bridgehead atoms. The second-order valence-electron chi connectivity index (χ2n) is 5.64. The van der Waals surface area contributed by atoms with E-state index in [0.29, 0.717) is 12.3 Å². The highest BCUT2D eigenvalue weighted by molar-refractivity contribution is 8.04. The first-order chi connectivity index (χ1) is 11.1. The highest BCUT2D eigenvalue weighted by atomic mass is 32.2. The minimum Gasteiger partial charge on any atom is -0.481 e. The van der Waals surface area contributed by atoms with Gasteiger partial charge in [-0.2, -0.15) is 0 Å². The monoisotopic (exact) mass is 353 g/mol. The molecule has 0 saturated carbocycles. The van der Waals surface area contributed by atoms with E-state index in [4.69, 9.17) is 5.11 Å². The summed E-state index contributed by atoms with van der Waals surface area (Å²) >= 11 is 3.14. The Morgan fingerprint density at radius 2 is 2.22 bits per heavy atom. The van der Waals surface area contributed by atoms with Gasteiger partial charge in [0.2, 0.25) is 5.13 Å². The van der Waals surface area contributed by atoms with Gasteiger partial charge in [0.1, 0.15) is 5.01 Å². The fourth-order valence-electron chi connectivity index (χ4n) is 2.46. The number of aryl methyl sites for hydroxylation is 1. The lowest BCUT2D eigenvalue weighted by Crippen LogP contribution is -2.01. The van der Waals surface area contributed by atoms with Crippen LogP contribution in [0.5, 0.6) is 0 Å². The normalized spacial score (nSPS) is 17.1. The van der Waals surface area contributed by atoms with Crippen molar-refractivity contribution in [1.29, 1.82) is 0 Å². The Balaban J connectivity index is 1.65. The van der Waals surface area contributed by atoms with Gasteiger partial charge in [-0.25, -0.2) is 0 Å². The molecule has 0 saturated heterocycles. The number of hydrogen-bond donors (Lipinski definition) is 2. The summed E-state index contributed by atoms with van der Waals surface area (Å²) < 4.78 is 3.24. The summed E-state index contributed by atoms with van der Waals surface area (Å²) in [6, 6.07) is 0. The number of carboxylic acid groups (broad SMARTS) is 1. The lowest BCUT2D eigenvalue weighted by Gasteiger charge is -2.16. The summed E-state index contributed by atoms with van der Waals surface area (Å²) in [5.74, 6) is -0.106. The van der Waals surface area contributed by atoms with Gasteiger partial charge in [-0.15, -0.1) is 10.2 Å². The summed E-state index contributed by atoms with van der Waals surface area (Å²) in [7, 11) is 0. The maximum atomic E-state index is 10.4. The van der Waals surface area contributed by atoms with E-state index in [0.717, 1.165) is 42.2 Å². The van der Waals surface area contributed by atoms with Crippen LogP contribution in [0.25, 0.3) is 0 Å². The number of hydrogen-bond acceptors (Lipinski definition) is 6. The lowest BCUT2D eigenvalue weighted by atomic mass is 9.94. The molecule has 1 aliphatic carbocycles. The average molecular weight is 354 g/mol. The number of aromatic nitrogens is 2. The van der Waals surface area contributed by atoms with Crippen molar-refractivity contribution in [3.8, 4) is 0 Å². The number of unbranched alkanes of at least 4 members (excludes halogenated alkanes) is 3. The quantitative estimate of drug-likeness (QED) is 0.465. The number of carboxylic acids is 1. The van der Waals surface area contributed by atoms with Crippen LogP contribution >= 0.6 is 23.3 Å². The minimum absolute atomic E-state index is 0.295. The molecule has 1 aliphatic rings. The summed E-state index contributed by atoms with van der Waals surface area (Å²) in [5, 5.41) is 18.4. The largest absolute Gasteiger partial charge is 0.481 e. The Morgan fingerprint density at radius 3 is 2.96 bits per heavy atom. The zero-order chi connectivity index (χ0) is 16.5. The Kier molecular flexibility index (Phi) is 7.61. The molecule has 23 heavy (non-hydrogen) atoms. The number of nitrogens with one attached hydrogen (secondary N) is 1. The SMILES string of the molecule is Cc1nnc(NSC2=CC(CCCCCCC(=O)O)CC=C2)s1. The smallest absolute Gasteiger partial charge is 0.303 e. The van der Waals surface area contributed by atoms with Crippen LogP contribution in [0.4, 0.5) is 5.13 Å². The van der Waals surface area contributed by atoms with Crippen LogP contribution in [-0.4, -0.2) is 21.3 Å². The van der Waals surface area contributed by atoms with E-state index in [1.165, 1.54) is 11.3 Å². The predicted octanol–water partition coefficient (Wildman–Crippen LogP) is 4.79. The van der Waals surface area contributed by atoms with Gasteiger partial charge < -0.3 is 9.83 Å². The van der Waals surface area contributed by atoms with Crippen LogP contribution in [0.2, 0.25) is 0 Å². The zero-order valence-corrected chi connectivity index (χ0v) is 15.0. The van der Waals surface area contributed by atoms with Crippen LogP contribution in [0.3, 0.4) is 0 Å². The number of carbonyl (C=O) groups is 1. The summed E-state index contributed by atoms with van der Waals surface area (Å²) in [5.41, 5.74) is 0. The molecule has 2 rings (SSSR count). The summed E-state index contributed by atoms with van der Waals surface area (Å²) in [6.07, 6.45) is 13.3. The standard InChI is InChI=1S/C16H23N3O2S2/c1-12-17-18-16(22-12)19-23-14-9-6-8-13(11-14)7-4-2-3-5-10-15(20)21/h6,9,11,13H,2-5,7-8,10H2,1H3,(H,18,19)(H,20,21). The van der Waals surface area contributed by atoms with E-state index in [1.807, 2.05) is 6.92 Å². The van der Waals surface area contributed by atoms with E-state index in [-0.39, 0.29) is 0 Å². The van der Waals surface area contributed by atoms with Crippen molar-refractivity contribution in [2.24, 2.45) is 5.92 Å². The van der Waals surface area contributed by atoms with Crippen molar-refractivity contribution in [3.63, 3.8) is 0 Å². The Hall–Kier alpha value is -1.34. The van der Waals surface area contributed by atoms with E-state index in [2.05, 4.69) is 33.1 Å². The van der Waals surface area contributed by atoms with E-state index >= 15 is 0 Å². The van der Waals surface area contributed by atoms with Crippen molar-refractivity contribution in [1.82, 2.24) is 10.2 Å². The first kappa shape index (κ1) is 18.0. The molecule has 1 unspecified atom stereocenters. The second kappa shape index (κ2) is 9.72. The van der Waals surface area contributed by atoms with Gasteiger partial charge in [-0.1, -0.05) is 48.8 Å². The van der Waals surface area contributed by atoms with Crippen molar-refractivity contribution in [3.05, 3.63) is 28.1 Å². The van der Waals surface area contributed by atoms with Crippen molar-refractivity contribution < 1.29 is 9.90 Å². The third-order valence-corrected chi connectivity index (χ3v) is 5.31. The average Bonchev–Trinajstić information content (AvgIpc) is 2.94. The highest BCUT2D eigenvalue weighted by Crippen LogP contribution is 2.30. The maximum Gasteiger partial charge on any atom is 0.303 e. The molecule has 1 aromatic rings. The number of anilines is 1. The molecule has 1 aromatic heterocycles. The molecule has 0 aromatic carbocycles. The Morgan fingerprint density at radius 1 is 1.39 bits per heavy atom. The first-order valence-corrected chi connectivity index (χ1v) is 9.60. The molecule has 0 amide bonds. The Labute approximate surface area is 145 Å². The first-order valence-electron chi connectivity index (χ1n) is 7.96. The number of aliphatic carboxylic acids is 1. The fourth-order valence-corrected chi connectivity index (χ4v) is 3.87. The van der Waals surface area contributed by atoms with Gasteiger partial charge in [0.25, 0.3) is 0 Å². The Bertz CT molecular complexity index is 569. The molecule has 5 nitrogen and oxygen atoms in total. The fraction of sp³-hybridized carbons (Fsp3) is 0.562. The van der Waals surface area contributed by atoms with Gasteiger partial charge in [0, 0.05) is 11.3 Å². The van der Waals surface area contributed by atoms with E-state index < -0.39 is 5.97 Å². The van der Waals surface area contributed by atoms with Crippen LogP contribution in [0.15, 0.2) is 23.1 Å². The van der Waals surface area contributed by atoms with E-state index in [1.54, 1.807) is 23.3 Å². The minimum atomic E-state index is -0.690. The van der Waals surface area contributed by atoms with Crippen LogP contribution in [0.1, 0.15) is 50.0 Å². The van der Waals surface area contributed by atoms with Crippen molar-refractivity contribution >= 4 is 34.4 Å². The number of rotatable bonds is 10. The molecule has 0 radical (unpaired) electrons. The molecule has 1 heterocycles. The van der Waals surface area contributed by atoms with Crippen molar-refractivity contribution in [2.45, 2.75) is 51.9 Å². The van der Waals surface area contributed by atoms with Crippen molar-refractivity contribution in [2.75, 3.05) is 4.72 Å². The highest BCUT2D eigenvalue weighted by Gasteiger charge is 2.10. The number of nitrogens with zero attached hydrogens (tertiary/aromatic N) is 2. The zero-order valence-electron chi connectivity index (χ0n) is 13.3. The third kappa shape index (κ3) is 7.18. The molecule has 0 fully saturated rings.